The molecule has 0 saturated heterocycles. The first-order chi connectivity index (χ1) is 6.86. The summed E-state index contributed by atoms with van der Waals surface area (Å²) in [5.41, 5.74) is 1.94. The van der Waals surface area contributed by atoms with Crippen molar-refractivity contribution in [1.29, 1.82) is 0 Å². The first kappa shape index (κ1) is 8.82. The molecule has 0 aromatic heterocycles. The molecular weight excluding hydrogens is 172 g/mol. The fourth-order valence-corrected chi connectivity index (χ4v) is 1.34. The van der Waals surface area contributed by atoms with E-state index in [1.807, 2.05) is 55.0 Å². The van der Waals surface area contributed by atoms with Crippen molar-refractivity contribution in [1.82, 2.24) is 0 Å². The molecular formula is C13H11O. The maximum Gasteiger partial charge on any atom is 0.119 e. The second-order valence-corrected chi connectivity index (χ2v) is 3.11. The minimum Gasteiger partial charge on any atom is -0.508 e. The summed E-state index contributed by atoms with van der Waals surface area (Å²) in [6.45, 7) is 0. The highest BCUT2D eigenvalue weighted by atomic mass is 16.3. The lowest BCUT2D eigenvalue weighted by Crippen LogP contribution is -1.84. The van der Waals surface area contributed by atoms with E-state index < -0.39 is 0 Å². The third kappa shape index (κ3) is 1.94. The van der Waals surface area contributed by atoms with Crippen molar-refractivity contribution in [2.24, 2.45) is 0 Å². The van der Waals surface area contributed by atoms with Crippen molar-refractivity contribution in [2.75, 3.05) is 0 Å². The Bertz CT molecular complexity index is 407. The smallest absolute Gasteiger partial charge is 0.119 e. The van der Waals surface area contributed by atoms with E-state index >= 15 is 0 Å². The summed E-state index contributed by atoms with van der Waals surface area (Å²) in [4.78, 5) is 0. The molecule has 0 unspecified atom stereocenters. The lowest BCUT2D eigenvalue weighted by molar-refractivity contribution is 0.472. The van der Waals surface area contributed by atoms with E-state index in [9.17, 15) is 5.11 Å². The van der Waals surface area contributed by atoms with Crippen LogP contribution in [0.25, 0.3) is 0 Å². The second-order valence-electron chi connectivity index (χ2n) is 3.11. The van der Waals surface area contributed by atoms with E-state index in [1.54, 1.807) is 6.07 Å². The largest absolute Gasteiger partial charge is 0.508 e. The van der Waals surface area contributed by atoms with E-state index in [0.717, 1.165) is 11.1 Å². The van der Waals surface area contributed by atoms with E-state index in [2.05, 4.69) is 0 Å². The van der Waals surface area contributed by atoms with Crippen molar-refractivity contribution in [3.8, 4) is 5.75 Å². The summed E-state index contributed by atoms with van der Waals surface area (Å²) in [6.07, 6.45) is 1.95. The molecule has 0 aliphatic carbocycles. The SMILES string of the molecule is Oc1ccccc1[CH]c1ccccc1. The first-order valence-corrected chi connectivity index (χ1v) is 4.54. The maximum absolute atomic E-state index is 9.54. The van der Waals surface area contributed by atoms with Gasteiger partial charge in [0, 0.05) is 12.0 Å². The Hall–Kier alpha value is -1.76. The number of phenolic OH excluding ortho intramolecular Hbond substituents is 1. The van der Waals surface area contributed by atoms with Crippen LogP contribution in [0.1, 0.15) is 11.1 Å². The van der Waals surface area contributed by atoms with E-state index in [0.29, 0.717) is 5.75 Å². The molecule has 69 valence electrons. The number of phenols is 1. The van der Waals surface area contributed by atoms with Crippen molar-refractivity contribution in [3.63, 3.8) is 0 Å². The highest BCUT2D eigenvalue weighted by Gasteiger charge is 2.00. The topological polar surface area (TPSA) is 20.2 Å². The zero-order valence-electron chi connectivity index (χ0n) is 7.72. The Kier molecular flexibility index (Phi) is 2.50. The van der Waals surface area contributed by atoms with Gasteiger partial charge in [0.25, 0.3) is 0 Å². The quantitative estimate of drug-likeness (QED) is 0.758. The van der Waals surface area contributed by atoms with Crippen LogP contribution in [-0.4, -0.2) is 5.11 Å². The van der Waals surface area contributed by atoms with Gasteiger partial charge in [0.1, 0.15) is 5.75 Å². The van der Waals surface area contributed by atoms with Gasteiger partial charge in [-0.2, -0.15) is 0 Å². The molecule has 1 heteroatoms. The molecule has 0 spiro atoms. The van der Waals surface area contributed by atoms with Crippen LogP contribution in [0.3, 0.4) is 0 Å². The molecule has 0 bridgehead atoms. The maximum atomic E-state index is 9.54. The molecule has 0 aliphatic heterocycles. The number of aromatic hydroxyl groups is 1. The van der Waals surface area contributed by atoms with Crippen molar-refractivity contribution in [2.45, 2.75) is 0 Å². The number of benzene rings is 2. The lowest BCUT2D eigenvalue weighted by Gasteiger charge is -2.03. The number of hydrogen-bond acceptors (Lipinski definition) is 1. The van der Waals surface area contributed by atoms with Crippen LogP contribution in [0.5, 0.6) is 5.75 Å². The summed E-state index contributed by atoms with van der Waals surface area (Å²) in [7, 11) is 0. The molecule has 0 fully saturated rings. The van der Waals surface area contributed by atoms with Crippen LogP contribution in [0.2, 0.25) is 0 Å². The van der Waals surface area contributed by atoms with Crippen LogP contribution in [0, 0.1) is 6.42 Å². The molecule has 0 aliphatic rings. The van der Waals surface area contributed by atoms with Crippen molar-refractivity contribution in [3.05, 3.63) is 72.1 Å². The zero-order chi connectivity index (χ0) is 9.80. The van der Waals surface area contributed by atoms with Gasteiger partial charge in [-0.3, -0.25) is 0 Å². The van der Waals surface area contributed by atoms with E-state index in [-0.39, 0.29) is 0 Å². The van der Waals surface area contributed by atoms with Crippen molar-refractivity contribution >= 4 is 0 Å². The molecule has 0 heterocycles. The average Bonchev–Trinajstić information content (AvgIpc) is 2.23. The van der Waals surface area contributed by atoms with Gasteiger partial charge in [0.05, 0.1) is 0 Å². The minimum absolute atomic E-state index is 0.316. The number of para-hydroxylation sites is 1. The van der Waals surface area contributed by atoms with Gasteiger partial charge in [-0.25, -0.2) is 0 Å². The fourth-order valence-electron chi connectivity index (χ4n) is 1.34. The minimum atomic E-state index is 0.316. The molecule has 2 rings (SSSR count). The predicted octanol–water partition coefficient (Wildman–Crippen LogP) is 2.99. The molecule has 0 amide bonds. The van der Waals surface area contributed by atoms with E-state index in [4.69, 9.17) is 0 Å². The Morgan fingerprint density at radius 1 is 0.786 bits per heavy atom. The summed E-state index contributed by atoms with van der Waals surface area (Å²) >= 11 is 0. The van der Waals surface area contributed by atoms with Crippen LogP contribution in [-0.2, 0) is 0 Å². The molecule has 14 heavy (non-hydrogen) atoms. The fraction of sp³-hybridized carbons (Fsp3) is 0. The average molecular weight is 183 g/mol. The van der Waals surface area contributed by atoms with Crippen LogP contribution < -0.4 is 0 Å². The van der Waals surface area contributed by atoms with Gasteiger partial charge in [0.2, 0.25) is 0 Å². The van der Waals surface area contributed by atoms with Crippen LogP contribution in [0.4, 0.5) is 0 Å². The Balaban J connectivity index is 2.24. The summed E-state index contributed by atoms with van der Waals surface area (Å²) < 4.78 is 0. The standard InChI is InChI=1S/C13H11O/c14-13-9-5-4-8-12(13)10-11-6-2-1-3-7-11/h1-10,14H. The van der Waals surface area contributed by atoms with Gasteiger partial charge < -0.3 is 5.11 Å². The molecule has 1 nitrogen and oxygen atoms in total. The van der Waals surface area contributed by atoms with Gasteiger partial charge >= 0.3 is 0 Å². The third-order valence-electron chi connectivity index (χ3n) is 2.06. The lowest BCUT2D eigenvalue weighted by atomic mass is 10.0. The normalized spacial score (nSPS) is 10.0. The first-order valence-electron chi connectivity index (χ1n) is 4.54. The number of hydrogen-bond donors (Lipinski definition) is 1. The Labute approximate surface area is 83.6 Å². The van der Waals surface area contributed by atoms with Gasteiger partial charge in [0.15, 0.2) is 0 Å². The molecule has 1 radical (unpaired) electrons. The van der Waals surface area contributed by atoms with Crippen molar-refractivity contribution < 1.29 is 5.11 Å². The van der Waals surface area contributed by atoms with Crippen LogP contribution in [0.15, 0.2) is 54.6 Å². The van der Waals surface area contributed by atoms with Crippen LogP contribution >= 0.6 is 0 Å². The van der Waals surface area contributed by atoms with E-state index in [1.165, 1.54) is 0 Å². The van der Waals surface area contributed by atoms with Gasteiger partial charge in [-0.05, 0) is 11.6 Å². The Morgan fingerprint density at radius 3 is 2.14 bits per heavy atom. The predicted molar refractivity (Wildman–Crippen MR) is 57.1 cm³/mol. The molecule has 0 atom stereocenters. The molecule has 0 saturated carbocycles. The van der Waals surface area contributed by atoms with Gasteiger partial charge in [-0.15, -0.1) is 0 Å². The third-order valence-corrected chi connectivity index (χ3v) is 2.06. The monoisotopic (exact) mass is 183 g/mol. The summed E-state index contributed by atoms with van der Waals surface area (Å²) in [5.74, 6) is 0.316. The zero-order valence-corrected chi connectivity index (χ0v) is 7.72. The number of rotatable bonds is 2. The second kappa shape index (κ2) is 3.97. The summed E-state index contributed by atoms with van der Waals surface area (Å²) in [5, 5.41) is 9.54. The summed E-state index contributed by atoms with van der Waals surface area (Å²) in [6, 6.07) is 17.3. The Morgan fingerprint density at radius 2 is 1.43 bits per heavy atom. The highest BCUT2D eigenvalue weighted by Crippen LogP contribution is 2.20. The molecule has 2 aromatic rings. The molecule has 1 N–H and O–H groups in total. The highest BCUT2D eigenvalue weighted by molar-refractivity contribution is 5.44. The van der Waals surface area contributed by atoms with Gasteiger partial charge in [-0.1, -0.05) is 48.5 Å². The molecule has 2 aromatic carbocycles.